The van der Waals surface area contributed by atoms with Gasteiger partial charge in [0.25, 0.3) is 10.0 Å². The van der Waals surface area contributed by atoms with Crippen molar-refractivity contribution in [2.45, 2.75) is 11.8 Å². The van der Waals surface area contributed by atoms with Gasteiger partial charge in [0.1, 0.15) is 18.0 Å². The number of methoxy groups -OCH3 is 2. The van der Waals surface area contributed by atoms with E-state index in [-0.39, 0.29) is 23.1 Å². The Morgan fingerprint density at radius 3 is 2.41 bits per heavy atom. The lowest BCUT2D eigenvalue weighted by atomic mass is 10.2. The number of hydrogen-bond donors (Lipinski definition) is 1. The first-order chi connectivity index (χ1) is 16.3. The summed E-state index contributed by atoms with van der Waals surface area (Å²) in [6.45, 7) is 1.46. The van der Waals surface area contributed by atoms with Crippen LogP contribution in [-0.2, 0) is 14.8 Å². The molecule has 178 valence electrons. The first-order valence-electron chi connectivity index (χ1n) is 10.3. The second-order valence-corrected chi connectivity index (χ2v) is 9.34. The molecule has 0 saturated heterocycles. The summed E-state index contributed by atoms with van der Waals surface area (Å²) in [4.78, 5) is 13.1. The molecule has 0 fully saturated rings. The van der Waals surface area contributed by atoms with E-state index in [1.807, 2.05) is 6.92 Å². The number of carbonyl (C=O) groups is 1. The van der Waals surface area contributed by atoms with E-state index in [4.69, 9.17) is 18.9 Å². The quantitative estimate of drug-likeness (QED) is 0.521. The summed E-state index contributed by atoms with van der Waals surface area (Å²) in [7, 11) is -1.24. The van der Waals surface area contributed by atoms with Crippen LogP contribution >= 0.6 is 0 Å². The molecule has 3 aromatic rings. The third-order valence-corrected chi connectivity index (χ3v) is 6.98. The van der Waals surface area contributed by atoms with Crippen LogP contribution in [-0.4, -0.2) is 41.9 Å². The molecular weight excluding hydrogens is 460 g/mol. The Morgan fingerprint density at radius 1 is 0.971 bits per heavy atom. The molecule has 1 aliphatic rings. The zero-order valence-electron chi connectivity index (χ0n) is 18.9. The zero-order chi connectivity index (χ0) is 24.3. The average Bonchev–Trinajstić information content (AvgIpc) is 3.30. The Hall–Kier alpha value is -3.92. The summed E-state index contributed by atoms with van der Waals surface area (Å²) in [6.07, 6.45) is 0. The van der Waals surface area contributed by atoms with Gasteiger partial charge < -0.3 is 24.3 Å². The molecule has 1 N–H and O–H groups in total. The minimum Gasteiger partial charge on any atom is -0.497 e. The fraction of sp³-hybridized carbons (Fsp3) is 0.208. The van der Waals surface area contributed by atoms with E-state index in [9.17, 15) is 13.2 Å². The van der Waals surface area contributed by atoms with Crippen LogP contribution in [0.5, 0.6) is 23.0 Å². The Morgan fingerprint density at radius 2 is 1.71 bits per heavy atom. The molecule has 4 rings (SSSR count). The summed E-state index contributed by atoms with van der Waals surface area (Å²) >= 11 is 0. The smallest absolute Gasteiger partial charge is 0.264 e. The minimum absolute atomic E-state index is 0.0406. The topological polar surface area (TPSA) is 103 Å². The highest BCUT2D eigenvalue weighted by atomic mass is 32.2. The monoisotopic (exact) mass is 484 g/mol. The van der Waals surface area contributed by atoms with Crippen LogP contribution in [0.4, 0.5) is 11.4 Å². The van der Waals surface area contributed by atoms with E-state index in [0.29, 0.717) is 22.9 Å². The van der Waals surface area contributed by atoms with Crippen LogP contribution in [0.15, 0.2) is 65.6 Å². The number of anilines is 2. The summed E-state index contributed by atoms with van der Waals surface area (Å²) < 4.78 is 49.6. The number of carbonyl (C=O) groups excluding carboxylic acids is 1. The zero-order valence-corrected chi connectivity index (χ0v) is 19.7. The second kappa shape index (κ2) is 9.52. The van der Waals surface area contributed by atoms with E-state index >= 15 is 0 Å². The van der Waals surface area contributed by atoms with E-state index < -0.39 is 22.5 Å². The highest BCUT2D eigenvalue weighted by molar-refractivity contribution is 7.92. The van der Waals surface area contributed by atoms with Crippen molar-refractivity contribution in [2.24, 2.45) is 0 Å². The van der Waals surface area contributed by atoms with Crippen LogP contribution in [0.3, 0.4) is 0 Å². The molecule has 0 aromatic heterocycles. The predicted octanol–water partition coefficient (Wildman–Crippen LogP) is 3.57. The standard InChI is InChI=1S/C24H24N2O7S/c1-16-4-8-19(9-5-16)34(28,29)26(20-13-18(30-2)7-11-21(20)31-3)14-24(27)25-17-6-10-22-23(12-17)33-15-32-22/h4-13H,14-15H2,1-3H3,(H,25,27). The molecule has 0 aliphatic carbocycles. The van der Waals surface area contributed by atoms with Gasteiger partial charge in [0.2, 0.25) is 12.7 Å². The molecule has 0 unspecified atom stereocenters. The molecule has 0 radical (unpaired) electrons. The Kier molecular flexibility index (Phi) is 6.51. The van der Waals surface area contributed by atoms with Crippen molar-refractivity contribution in [3.05, 3.63) is 66.2 Å². The number of fused-ring (bicyclic) bond motifs is 1. The van der Waals surface area contributed by atoms with Gasteiger partial charge in [0.05, 0.1) is 24.8 Å². The lowest BCUT2D eigenvalue weighted by Crippen LogP contribution is -2.38. The number of benzene rings is 3. The maximum Gasteiger partial charge on any atom is 0.264 e. The van der Waals surface area contributed by atoms with Crippen LogP contribution in [0.1, 0.15) is 5.56 Å². The Labute approximate surface area is 197 Å². The van der Waals surface area contributed by atoms with Crippen LogP contribution in [0, 0.1) is 6.92 Å². The number of ether oxygens (including phenoxy) is 4. The van der Waals surface area contributed by atoms with Crippen LogP contribution in [0.25, 0.3) is 0 Å². The molecule has 0 spiro atoms. The van der Waals surface area contributed by atoms with Gasteiger partial charge >= 0.3 is 0 Å². The number of aryl methyl sites for hydroxylation is 1. The van der Waals surface area contributed by atoms with Gasteiger partial charge in [0.15, 0.2) is 11.5 Å². The van der Waals surface area contributed by atoms with Gasteiger partial charge in [0, 0.05) is 17.8 Å². The van der Waals surface area contributed by atoms with Gasteiger partial charge in [-0.3, -0.25) is 9.10 Å². The van der Waals surface area contributed by atoms with Crippen molar-refractivity contribution in [1.29, 1.82) is 0 Å². The first-order valence-corrected chi connectivity index (χ1v) is 11.8. The number of rotatable bonds is 8. The molecule has 9 nitrogen and oxygen atoms in total. The lowest BCUT2D eigenvalue weighted by Gasteiger charge is -2.26. The minimum atomic E-state index is -4.13. The number of nitrogens with one attached hydrogen (secondary N) is 1. The Balaban J connectivity index is 1.70. The van der Waals surface area contributed by atoms with Gasteiger partial charge in [-0.05, 0) is 43.3 Å². The maximum absolute atomic E-state index is 13.7. The number of hydrogen-bond acceptors (Lipinski definition) is 7. The van der Waals surface area contributed by atoms with Crippen molar-refractivity contribution in [1.82, 2.24) is 0 Å². The van der Waals surface area contributed by atoms with Crippen molar-refractivity contribution in [3.8, 4) is 23.0 Å². The van der Waals surface area contributed by atoms with Gasteiger partial charge in [-0.1, -0.05) is 17.7 Å². The summed E-state index contributed by atoms with van der Waals surface area (Å²) in [5.41, 5.74) is 1.52. The highest BCUT2D eigenvalue weighted by Gasteiger charge is 2.30. The molecule has 1 aliphatic heterocycles. The molecule has 0 saturated carbocycles. The van der Waals surface area contributed by atoms with Crippen molar-refractivity contribution >= 4 is 27.3 Å². The number of amides is 1. The van der Waals surface area contributed by atoms with E-state index in [1.54, 1.807) is 42.5 Å². The lowest BCUT2D eigenvalue weighted by molar-refractivity contribution is -0.114. The molecule has 0 atom stereocenters. The fourth-order valence-electron chi connectivity index (χ4n) is 3.43. The van der Waals surface area contributed by atoms with Gasteiger partial charge in [-0.2, -0.15) is 0 Å². The van der Waals surface area contributed by atoms with E-state index in [0.717, 1.165) is 9.87 Å². The van der Waals surface area contributed by atoms with E-state index in [1.165, 1.54) is 32.4 Å². The van der Waals surface area contributed by atoms with Crippen molar-refractivity contribution < 1.29 is 32.2 Å². The van der Waals surface area contributed by atoms with Crippen LogP contribution < -0.4 is 28.6 Å². The second-order valence-electron chi connectivity index (χ2n) is 7.48. The summed E-state index contributed by atoms with van der Waals surface area (Å²) in [5.74, 6) is 1.20. The fourth-order valence-corrected chi connectivity index (χ4v) is 4.86. The highest BCUT2D eigenvalue weighted by Crippen LogP contribution is 2.36. The third-order valence-electron chi connectivity index (χ3n) is 5.21. The van der Waals surface area contributed by atoms with Crippen molar-refractivity contribution in [2.75, 3.05) is 37.2 Å². The summed E-state index contributed by atoms with van der Waals surface area (Å²) in [6, 6.07) is 16.1. The largest absolute Gasteiger partial charge is 0.497 e. The molecule has 34 heavy (non-hydrogen) atoms. The SMILES string of the molecule is COc1ccc(OC)c(N(CC(=O)Nc2ccc3c(c2)OCO3)S(=O)(=O)c2ccc(C)cc2)c1. The number of sulfonamides is 1. The molecule has 0 bridgehead atoms. The van der Waals surface area contributed by atoms with Gasteiger partial charge in [-0.15, -0.1) is 0 Å². The maximum atomic E-state index is 13.7. The predicted molar refractivity (Wildman–Crippen MR) is 126 cm³/mol. The molecular formula is C24H24N2O7S. The Bertz CT molecular complexity index is 1310. The number of nitrogens with zero attached hydrogens (tertiary/aromatic N) is 1. The average molecular weight is 485 g/mol. The first kappa shape index (κ1) is 23.2. The summed E-state index contributed by atoms with van der Waals surface area (Å²) in [5, 5.41) is 2.72. The normalized spacial score (nSPS) is 12.2. The molecule has 3 aromatic carbocycles. The van der Waals surface area contributed by atoms with E-state index in [2.05, 4.69) is 5.32 Å². The third kappa shape index (κ3) is 4.72. The molecule has 1 heterocycles. The van der Waals surface area contributed by atoms with Crippen LogP contribution in [0.2, 0.25) is 0 Å². The molecule has 1 amide bonds. The van der Waals surface area contributed by atoms with Gasteiger partial charge in [-0.25, -0.2) is 8.42 Å². The molecule has 10 heteroatoms. The van der Waals surface area contributed by atoms with Crippen molar-refractivity contribution in [3.63, 3.8) is 0 Å².